The highest BCUT2D eigenvalue weighted by Gasteiger charge is 2.50. The first-order valence-electron chi connectivity index (χ1n) is 5.56. The lowest BCUT2D eigenvalue weighted by molar-refractivity contribution is -0.134. The number of carbonyl (C=O) groups excluding carboxylic acids is 1. The van der Waals surface area contributed by atoms with Crippen LogP contribution >= 0.6 is 0 Å². The van der Waals surface area contributed by atoms with Crippen LogP contribution in [-0.4, -0.2) is 18.6 Å². The maximum atomic E-state index is 14.3. The molecule has 0 heterocycles. The number of rotatable bonds is 6. The number of hydrogen-bond donors (Lipinski definition) is 1. The molecule has 1 aliphatic carbocycles. The third kappa shape index (κ3) is 2.46. The fourth-order valence-electron chi connectivity index (χ4n) is 1.88. The largest absolute Gasteiger partial charge is 0.356 e. The number of halogens is 1. The van der Waals surface area contributed by atoms with Crippen LogP contribution < -0.4 is 5.32 Å². The summed E-state index contributed by atoms with van der Waals surface area (Å²) in [5.74, 6) is -0.435. The Hall–Kier alpha value is -0.600. The van der Waals surface area contributed by atoms with Gasteiger partial charge < -0.3 is 5.32 Å². The minimum atomic E-state index is -1.58. The zero-order valence-electron chi connectivity index (χ0n) is 9.11. The smallest absolute Gasteiger partial charge is 0.257 e. The SMILES string of the molecule is CCCCCC(F)(C(=O)NC)C1CC1. The van der Waals surface area contributed by atoms with Gasteiger partial charge in [-0.05, 0) is 25.7 Å². The van der Waals surface area contributed by atoms with Gasteiger partial charge in [0.25, 0.3) is 5.91 Å². The Balaban J connectivity index is 2.48. The van der Waals surface area contributed by atoms with Crippen molar-refractivity contribution in [2.45, 2.75) is 51.1 Å². The monoisotopic (exact) mass is 201 g/mol. The Labute approximate surface area is 85.3 Å². The molecule has 3 heteroatoms. The van der Waals surface area contributed by atoms with Gasteiger partial charge in [-0.2, -0.15) is 0 Å². The summed E-state index contributed by atoms with van der Waals surface area (Å²) in [7, 11) is 1.51. The van der Waals surface area contributed by atoms with E-state index in [0.29, 0.717) is 6.42 Å². The highest BCUT2D eigenvalue weighted by molar-refractivity contribution is 5.85. The van der Waals surface area contributed by atoms with E-state index in [9.17, 15) is 9.18 Å². The molecule has 0 aromatic heterocycles. The van der Waals surface area contributed by atoms with Gasteiger partial charge in [-0.1, -0.05) is 19.8 Å². The highest BCUT2D eigenvalue weighted by Crippen LogP contribution is 2.45. The van der Waals surface area contributed by atoms with Crippen molar-refractivity contribution in [3.8, 4) is 0 Å². The minimum absolute atomic E-state index is 0.0145. The first-order valence-corrected chi connectivity index (χ1v) is 5.56. The van der Waals surface area contributed by atoms with Gasteiger partial charge in [-0.25, -0.2) is 4.39 Å². The molecule has 14 heavy (non-hydrogen) atoms. The van der Waals surface area contributed by atoms with Crippen molar-refractivity contribution in [1.82, 2.24) is 5.32 Å². The van der Waals surface area contributed by atoms with Crippen molar-refractivity contribution in [3.05, 3.63) is 0 Å². The number of alkyl halides is 1. The van der Waals surface area contributed by atoms with E-state index in [1.165, 1.54) is 7.05 Å². The second-order valence-electron chi connectivity index (χ2n) is 4.17. The normalized spacial score (nSPS) is 20.2. The average Bonchev–Trinajstić information content (AvgIpc) is 3.00. The molecule has 0 bridgehead atoms. The summed E-state index contributed by atoms with van der Waals surface area (Å²) in [6.07, 6.45) is 5.03. The van der Waals surface area contributed by atoms with Crippen molar-refractivity contribution in [3.63, 3.8) is 0 Å². The lowest BCUT2D eigenvalue weighted by Gasteiger charge is -2.23. The Bertz CT molecular complexity index is 203. The number of amides is 1. The topological polar surface area (TPSA) is 29.1 Å². The lowest BCUT2D eigenvalue weighted by atomic mass is 9.92. The van der Waals surface area contributed by atoms with Crippen LogP contribution in [0.25, 0.3) is 0 Å². The third-order valence-corrected chi connectivity index (χ3v) is 2.97. The van der Waals surface area contributed by atoms with Crippen molar-refractivity contribution in [2.24, 2.45) is 5.92 Å². The summed E-state index contributed by atoms with van der Waals surface area (Å²) in [5.41, 5.74) is -1.58. The van der Waals surface area contributed by atoms with Crippen molar-refractivity contribution in [2.75, 3.05) is 7.05 Å². The van der Waals surface area contributed by atoms with E-state index in [2.05, 4.69) is 12.2 Å². The van der Waals surface area contributed by atoms with Gasteiger partial charge in [-0.15, -0.1) is 0 Å². The standard InChI is InChI=1S/C11H20FNO/c1-3-4-5-8-11(12,9-6-7-9)10(14)13-2/h9H,3-8H2,1-2H3,(H,13,14). The predicted molar refractivity (Wildman–Crippen MR) is 54.8 cm³/mol. The van der Waals surface area contributed by atoms with Crippen molar-refractivity contribution in [1.29, 1.82) is 0 Å². The van der Waals surface area contributed by atoms with Gasteiger partial charge in [0.2, 0.25) is 0 Å². The highest BCUT2D eigenvalue weighted by atomic mass is 19.1. The molecular formula is C11H20FNO. The molecule has 0 aliphatic heterocycles. The molecule has 1 rings (SSSR count). The molecule has 1 aliphatic rings. The van der Waals surface area contributed by atoms with Gasteiger partial charge in [0.1, 0.15) is 0 Å². The molecule has 1 atom stereocenters. The third-order valence-electron chi connectivity index (χ3n) is 2.97. The van der Waals surface area contributed by atoms with Crippen LogP contribution in [0.2, 0.25) is 0 Å². The molecule has 1 amide bonds. The van der Waals surface area contributed by atoms with E-state index in [1.807, 2.05) is 0 Å². The molecule has 1 fully saturated rings. The predicted octanol–water partition coefficient (Wildman–Crippen LogP) is 2.43. The molecule has 0 radical (unpaired) electrons. The molecule has 0 spiro atoms. The molecule has 1 saturated carbocycles. The fourth-order valence-corrected chi connectivity index (χ4v) is 1.88. The zero-order valence-corrected chi connectivity index (χ0v) is 9.11. The summed E-state index contributed by atoms with van der Waals surface area (Å²) in [4.78, 5) is 11.4. The van der Waals surface area contributed by atoms with Crippen LogP contribution in [0.3, 0.4) is 0 Å². The molecule has 0 saturated heterocycles. The van der Waals surface area contributed by atoms with Crippen LogP contribution in [0.4, 0.5) is 4.39 Å². The average molecular weight is 201 g/mol. The lowest BCUT2D eigenvalue weighted by Crippen LogP contribution is -2.43. The Morgan fingerprint density at radius 2 is 2.14 bits per heavy atom. The van der Waals surface area contributed by atoms with Gasteiger partial charge in [0, 0.05) is 13.0 Å². The Morgan fingerprint density at radius 1 is 1.50 bits per heavy atom. The van der Waals surface area contributed by atoms with E-state index >= 15 is 0 Å². The second-order valence-corrected chi connectivity index (χ2v) is 4.17. The van der Waals surface area contributed by atoms with Gasteiger partial charge in [0.15, 0.2) is 5.67 Å². The first-order chi connectivity index (χ1) is 6.65. The number of unbranched alkanes of at least 4 members (excludes halogenated alkanes) is 2. The fraction of sp³-hybridized carbons (Fsp3) is 0.909. The van der Waals surface area contributed by atoms with E-state index in [4.69, 9.17) is 0 Å². The van der Waals surface area contributed by atoms with Crippen molar-refractivity contribution >= 4 is 5.91 Å². The maximum absolute atomic E-state index is 14.3. The Kier molecular flexibility index (Phi) is 3.90. The molecular weight excluding hydrogens is 181 g/mol. The van der Waals surface area contributed by atoms with Gasteiger partial charge in [-0.3, -0.25) is 4.79 Å². The van der Waals surface area contributed by atoms with Gasteiger partial charge in [0.05, 0.1) is 0 Å². The molecule has 0 aromatic rings. The summed E-state index contributed by atoms with van der Waals surface area (Å²) in [6, 6.07) is 0. The summed E-state index contributed by atoms with van der Waals surface area (Å²) in [5, 5.41) is 2.44. The molecule has 1 N–H and O–H groups in total. The van der Waals surface area contributed by atoms with Crippen LogP contribution in [-0.2, 0) is 4.79 Å². The quantitative estimate of drug-likeness (QED) is 0.657. The van der Waals surface area contributed by atoms with Crippen LogP contribution in [0.15, 0.2) is 0 Å². The van der Waals surface area contributed by atoms with Crippen LogP contribution in [0.5, 0.6) is 0 Å². The number of carbonyl (C=O) groups is 1. The van der Waals surface area contributed by atoms with Gasteiger partial charge >= 0.3 is 0 Å². The van der Waals surface area contributed by atoms with E-state index in [0.717, 1.165) is 32.1 Å². The Morgan fingerprint density at radius 3 is 2.57 bits per heavy atom. The van der Waals surface area contributed by atoms with Crippen LogP contribution in [0, 0.1) is 5.92 Å². The summed E-state index contributed by atoms with van der Waals surface area (Å²) >= 11 is 0. The molecule has 2 nitrogen and oxygen atoms in total. The summed E-state index contributed by atoms with van der Waals surface area (Å²) in [6.45, 7) is 2.08. The zero-order chi connectivity index (χ0) is 10.6. The van der Waals surface area contributed by atoms with E-state index in [-0.39, 0.29) is 5.92 Å². The molecule has 1 unspecified atom stereocenters. The summed E-state index contributed by atoms with van der Waals surface area (Å²) < 4.78 is 14.3. The van der Waals surface area contributed by atoms with E-state index < -0.39 is 11.6 Å². The van der Waals surface area contributed by atoms with Crippen molar-refractivity contribution < 1.29 is 9.18 Å². The van der Waals surface area contributed by atoms with Crippen LogP contribution in [0.1, 0.15) is 45.4 Å². The number of nitrogens with one attached hydrogen (secondary N) is 1. The molecule has 0 aromatic carbocycles. The second kappa shape index (κ2) is 4.76. The molecule has 82 valence electrons. The number of hydrogen-bond acceptors (Lipinski definition) is 1. The van der Waals surface area contributed by atoms with E-state index in [1.54, 1.807) is 0 Å². The first kappa shape index (κ1) is 11.5. The minimum Gasteiger partial charge on any atom is -0.356 e. The maximum Gasteiger partial charge on any atom is 0.257 e.